The lowest BCUT2D eigenvalue weighted by molar-refractivity contribution is -0.139. The van der Waals surface area contributed by atoms with Gasteiger partial charge in [-0.15, -0.1) is 0 Å². The van der Waals surface area contributed by atoms with Gasteiger partial charge < -0.3 is 15.0 Å². The maximum atomic E-state index is 12.6. The normalized spacial score (nSPS) is 24.4. The molecule has 0 unspecified atom stereocenters. The van der Waals surface area contributed by atoms with Crippen LogP contribution in [0.25, 0.3) is 0 Å². The van der Waals surface area contributed by atoms with Gasteiger partial charge >= 0.3 is 5.69 Å². The highest BCUT2D eigenvalue weighted by atomic mass is 16.3. The third-order valence-corrected chi connectivity index (χ3v) is 5.18. The quantitative estimate of drug-likeness (QED) is 0.885. The molecule has 2 N–H and O–H groups in total. The van der Waals surface area contributed by atoms with Gasteiger partial charge in [0.15, 0.2) is 0 Å². The molecule has 2 heterocycles. The van der Waals surface area contributed by atoms with E-state index >= 15 is 0 Å². The lowest BCUT2D eigenvalue weighted by Crippen LogP contribution is -2.44. The molecule has 1 saturated heterocycles. The zero-order valence-corrected chi connectivity index (χ0v) is 13.5. The van der Waals surface area contributed by atoms with E-state index in [0.717, 1.165) is 57.2 Å². The van der Waals surface area contributed by atoms with Crippen molar-refractivity contribution < 1.29 is 9.90 Å². The summed E-state index contributed by atoms with van der Waals surface area (Å²) in [6.45, 7) is 1.34. The van der Waals surface area contributed by atoms with Crippen LogP contribution in [0, 0.1) is 0 Å². The van der Waals surface area contributed by atoms with Crippen LogP contribution in [0.3, 0.4) is 0 Å². The van der Waals surface area contributed by atoms with E-state index in [9.17, 15) is 14.7 Å². The number of rotatable bonds is 3. The van der Waals surface area contributed by atoms with Gasteiger partial charge in [-0.3, -0.25) is 4.79 Å². The molecule has 1 atom stereocenters. The van der Waals surface area contributed by atoms with Crippen LogP contribution >= 0.6 is 0 Å². The molecule has 6 nitrogen and oxygen atoms in total. The number of H-pyrrole nitrogens is 1. The van der Waals surface area contributed by atoms with Crippen LogP contribution in [0.2, 0.25) is 0 Å². The number of nitrogens with one attached hydrogen (secondary N) is 1. The van der Waals surface area contributed by atoms with Gasteiger partial charge in [0.25, 0.3) is 0 Å². The van der Waals surface area contributed by atoms with Crippen molar-refractivity contribution in [2.45, 2.75) is 62.9 Å². The molecular formula is C17H25N3O3. The SMILES string of the molecule is O=C(CC1(O)CCCCC1)N1CCC[C@@H](c2ccnc(=O)[nH]2)C1. The first-order valence-electron chi connectivity index (χ1n) is 8.61. The standard InChI is InChI=1S/C17H25N3O3/c21-15(11-17(23)7-2-1-3-8-17)20-10-4-5-13(12-20)14-6-9-18-16(22)19-14/h6,9,13,23H,1-5,7-8,10-12H2,(H,18,19,22)/t13-/m1/s1. The van der Waals surface area contributed by atoms with Crippen LogP contribution in [-0.2, 0) is 4.79 Å². The second kappa shape index (κ2) is 6.83. The van der Waals surface area contributed by atoms with Crippen LogP contribution in [0.5, 0.6) is 0 Å². The van der Waals surface area contributed by atoms with Crippen LogP contribution in [0.4, 0.5) is 0 Å². The highest BCUT2D eigenvalue weighted by molar-refractivity contribution is 5.77. The Bertz CT molecular complexity index is 607. The number of hydrogen-bond acceptors (Lipinski definition) is 4. The largest absolute Gasteiger partial charge is 0.389 e. The number of likely N-dealkylation sites (tertiary alicyclic amines) is 1. The van der Waals surface area contributed by atoms with E-state index in [-0.39, 0.29) is 23.9 Å². The molecule has 3 rings (SSSR count). The van der Waals surface area contributed by atoms with Crippen LogP contribution in [-0.4, -0.2) is 44.6 Å². The maximum Gasteiger partial charge on any atom is 0.345 e. The number of hydrogen-bond donors (Lipinski definition) is 2. The molecule has 6 heteroatoms. The summed E-state index contributed by atoms with van der Waals surface area (Å²) in [6, 6.07) is 1.81. The summed E-state index contributed by atoms with van der Waals surface area (Å²) in [5.41, 5.74) is -0.311. The molecule has 2 fully saturated rings. The second-order valence-corrected chi connectivity index (χ2v) is 6.97. The first kappa shape index (κ1) is 16.2. The molecule has 126 valence electrons. The smallest absolute Gasteiger partial charge is 0.345 e. The summed E-state index contributed by atoms with van der Waals surface area (Å²) in [4.78, 5) is 32.2. The average Bonchev–Trinajstić information content (AvgIpc) is 2.55. The van der Waals surface area contributed by atoms with Gasteiger partial charge in [0, 0.05) is 30.9 Å². The van der Waals surface area contributed by atoms with Gasteiger partial charge in [-0.25, -0.2) is 9.78 Å². The van der Waals surface area contributed by atoms with Crippen molar-refractivity contribution in [2.75, 3.05) is 13.1 Å². The maximum absolute atomic E-state index is 12.6. The number of carbonyl (C=O) groups is 1. The fourth-order valence-corrected chi connectivity index (χ4v) is 3.86. The molecule has 1 aromatic rings. The van der Waals surface area contributed by atoms with E-state index in [2.05, 4.69) is 9.97 Å². The molecule has 0 radical (unpaired) electrons. The van der Waals surface area contributed by atoms with E-state index < -0.39 is 5.60 Å². The van der Waals surface area contributed by atoms with Crippen LogP contribution in [0.1, 0.15) is 63.0 Å². The fraction of sp³-hybridized carbons (Fsp3) is 0.706. The van der Waals surface area contributed by atoms with Gasteiger partial charge in [0.05, 0.1) is 12.0 Å². The molecule has 2 aliphatic rings. The number of carbonyl (C=O) groups excluding carboxylic acids is 1. The van der Waals surface area contributed by atoms with E-state index in [0.29, 0.717) is 6.54 Å². The Morgan fingerprint density at radius 1 is 1.35 bits per heavy atom. The van der Waals surface area contributed by atoms with Crippen molar-refractivity contribution in [2.24, 2.45) is 0 Å². The Labute approximate surface area is 135 Å². The lowest BCUT2D eigenvalue weighted by Gasteiger charge is -2.37. The minimum absolute atomic E-state index is 0.0375. The molecule has 1 aliphatic carbocycles. The van der Waals surface area contributed by atoms with Crippen molar-refractivity contribution in [3.63, 3.8) is 0 Å². The molecule has 1 saturated carbocycles. The fourth-order valence-electron chi connectivity index (χ4n) is 3.86. The van der Waals surface area contributed by atoms with E-state index in [1.807, 2.05) is 11.0 Å². The number of aromatic nitrogens is 2. The predicted molar refractivity (Wildman–Crippen MR) is 86.1 cm³/mol. The number of aromatic amines is 1. The number of nitrogens with zero attached hydrogens (tertiary/aromatic N) is 2. The van der Waals surface area contributed by atoms with Crippen LogP contribution in [0.15, 0.2) is 17.1 Å². The molecule has 0 bridgehead atoms. The Hall–Kier alpha value is -1.69. The zero-order chi connectivity index (χ0) is 16.3. The van der Waals surface area contributed by atoms with Gasteiger partial charge in [-0.05, 0) is 31.7 Å². The van der Waals surface area contributed by atoms with Crippen molar-refractivity contribution in [3.8, 4) is 0 Å². The summed E-state index contributed by atoms with van der Waals surface area (Å²) < 4.78 is 0. The number of amides is 1. The molecular weight excluding hydrogens is 294 g/mol. The lowest BCUT2D eigenvalue weighted by atomic mass is 9.82. The van der Waals surface area contributed by atoms with Gasteiger partial charge in [0.2, 0.25) is 5.91 Å². The number of piperidine rings is 1. The average molecular weight is 319 g/mol. The van der Waals surface area contributed by atoms with Gasteiger partial charge in [0.1, 0.15) is 0 Å². The molecule has 1 aliphatic heterocycles. The Balaban J connectivity index is 1.63. The summed E-state index contributed by atoms with van der Waals surface area (Å²) >= 11 is 0. The van der Waals surface area contributed by atoms with Crippen molar-refractivity contribution >= 4 is 5.91 Å². The first-order chi connectivity index (χ1) is 11.1. The minimum atomic E-state index is -0.812. The zero-order valence-electron chi connectivity index (χ0n) is 13.5. The molecule has 1 amide bonds. The van der Waals surface area contributed by atoms with Gasteiger partial charge in [-0.2, -0.15) is 0 Å². The minimum Gasteiger partial charge on any atom is -0.389 e. The Morgan fingerprint density at radius 2 is 2.13 bits per heavy atom. The molecule has 0 spiro atoms. The van der Waals surface area contributed by atoms with Gasteiger partial charge in [-0.1, -0.05) is 19.3 Å². The summed E-state index contributed by atoms with van der Waals surface area (Å²) in [7, 11) is 0. The third kappa shape index (κ3) is 3.99. The molecule has 1 aromatic heterocycles. The highest BCUT2D eigenvalue weighted by Crippen LogP contribution is 2.32. The number of aliphatic hydroxyl groups is 1. The van der Waals surface area contributed by atoms with Crippen molar-refractivity contribution in [1.29, 1.82) is 0 Å². The van der Waals surface area contributed by atoms with E-state index in [1.165, 1.54) is 6.20 Å². The molecule has 23 heavy (non-hydrogen) atoms. The van der Waals surface area contributed by atoms with Crippen molar-refractivity contribution in [1.82, 2.24) is 14.9 Å². The van der Waals surface area contributed by atoms with E-state index in [4.69, 9.17) is 0 Å². The van der Waals surface area contributed by atoms with Crippen LogP contribution < -0.4 is 5.69 Å². The second-order valence-electron chi connectivity index (χ2n) is 6.97. The first-order valence-corrected chi connectivity index (χ1v) is 8.61. The monoisotopic (exact) mass is 319 g/mol. The summed E-state index contributed by atoms with van der Waals surface area (Å²) in [5, 5.41) is 10.6. The van der Waals surface area contributed by atoms with E-state index in [1.54, 1.807) is 0 Å². The molecule has 0 aromatic carbocycles. The Kier molecular flexibility index (Phi) is 4.80. The topological polar surface area (TPSA) is 86.3 Å². The summed E-state index contributed by atoms with van der Waals surface area (Å²) in [5.74, 6) is 0.180. The predicted octanol–water partition coefficient (Wildman–Crippen LogP) is 1.56. The Morgan fingerprint density at radius 3 is 2.87 bits per heavy atom. The third-order valence-electron chi connectivity index (χ3n) is 5.18. The van der Waals surface area contributed by atoms with Crippen molar-refractivity contribution in [3.05, 3.63) is 28.4 Å². The summed E-state index contributed by atoms with van der Waals surface area (Å²) in [6.07, 6.45) is 8.23. The highest BCUT2D eigenvalue weighted by Gasteiger charge is 2.34.